The Morgan fingerprint density at radius 3 is 2.26 bits per heavy atom. The summed E-state index contributed by atoms with van der Waals surface area (Å²) in [5, 5.41) is 17.9. The van der Waals surface area contributed by atoms with Crippen molar-refractivity contribution in [3.05, 3.63) is 12.1 Å². The van der Waals surface area contributed by atoms with Crippen molar-refractivity contribution in [1.29, 1.82) is 0 Å². The van der Waals surface area contributed by atoms with Crippen molar-refractivity contribution in [2.45, 2.75) is 77.6 Å². The summed E-state index contributed by atoms with van der Waals surface area (Å²) in [5.41, 5.74) is 0. The summed E-state index contributed by atoms with van der Waals surface area (Å²) in [6.07, 6.45) is 6.10. The molecule has 112 valence electrons. The maximum absolute atomic E-state index is 8.84. The maximum Gasteiger partial charge on any atom is 0.480 e. The standard InChI is InChI=1S/C14H31BO3Si/c1-7-8-10-13(11-9-12-15(16)17)18-19(5,6)14(2,3)4/h9,12-13,16-17H,7-8,10-11H2,1-6H3/b12-9+/t13-/m1/s1. The minimum atomic E-state index is -1.75. The van der Waals surface area contributed by atoms with Gasteiger partial charge in [0.15, 0.2) is 8.32 Å². The molecular formula is C14H31BO3Si. The van der Waals surface area contributed by atoms with Crippen LogP contribution in [0.3, 0.4) is 0 Å². The average Bonchev–Trinajstić information content (AvgIpc) is 2.23. The molecule has 2 N–H and O–H groups in total. The smallest absolute Gasteiger partial charge is 0.424 e. The monoisotopic (exact) mass is 286 g/mol. The molecule has 0 aromatic heterocycles. The van der Waals surface area contributed by atoms with E-state index in [1.807, 2.05) is 6.08 Å². The summed E-state index contributed by atoms with van der Waals surface area (Å²) in [4.78, 5) is 0. The van der Waals surface area contributed by atoms with Gasteiger partial charge in [0, 0.05) is 6.10 Å². The van der Waals surface area contributed by atoms with Gasteiger partial charge in [0.25, 0.3) is 0 Å². The van der Waals surface area contributed by atoms with E-state index < -0.39 is 15.4 Å². The lowest BCUT2D eigenvalue weighted by Crippen LogP contribution is -2.43. The molecule has 0 aliphatic rings. The van der Waals surface area contributed by atoms with E-state index in [9.17, 15) is 0 Å². The Balaban J connectivity index is 4.58. The van der Waals surface area contributed by atoms with Crippen molar-refractivity contribution in [3.63, 3.8) is 0 Å². The normalized spacial score (nSPS) is 14.9. The van der Waals surface area contributed by atoms with Crippen LogP contribution in [0.4, 0.5) is 0 Å². The lowest BCUT2D eigenvalue weighted by atomic mass is 9.91. The lowest BCUT2D eigenvalue weighted by Gasteiger charge is -2.39. The summed E-state index contributed by atoms with van der Waals surface area (Å²) in [6.45, 7) is 13.4. The highest BCUT2D eigenvalue weighted by Gasteiger charge is 2.38. The Morgan fingerprint density at radius 1 is 1.26 bits per heavy atom. The van der Waals surface area contributed by atoms with Crippen molar-refractivity contribution < 1.29 is 14.5 Å². The van der Waals surface area contributed by atoms with Crippen LogP contribution in [0.1, 0.15) is 53.4 Å². The van der Waals surface area contributed by atoms with Crippen molar-refractivity contribution in [1.82, 2.24) is 0 Å². The van der Waals surface area contributed by atoms with Crippen molar-refractivity contribution in [2.24, 2.45) is 0 Å². The van der Waals surface area contributed by atoms with E-state index in [0.717, 1.165) is 25.7 Å². The van der Waals surface area contributed by atoms with E-state index in [1.54, 1.807) is 0 Å². The Morgan fingerprint density at radius 2 is 1.84 bits per heavy atom. The topological polar surface area (TPSA) is 49.7 Å². The van der Waals surface area contributed by atoms with E-state index in [-0.39, 0.29) is 11.1 Å². The Bertz CT molecular complexity index is 272. The maximum atomic E-state index is 8.84. The third kappa shape index (κ3) is 7.92. The van der Waals surface area contributed by atoms with E-state index in [1.165, 1.54) is 5.98 Å². The van der Waals surface area contributed by atoms with Gasteiger partial charge in [-0.05, 0) is 31.0 Å². The molecule has 3 nitrogen and oxygen atoms in total. The molecule has 0 aliphatic carbocycles. The van der Waals surface area contributed by atoms with Crippen LogP contribution >= 0.6 is 0 Å². The van der Waals surface area contributed by atoms with Crippen LogP contribution in [-0.4, -0.2) is 31.6 Å². The van der Waals surface area contributed by atoms with Crippen LogP contribution in [0.5, 0.6) is 0 Å². The molecule has 0 bridgehead atoms. The van der Waals surface area contributed by atoms with Gasteiger partial charge in [-0.1, -0.05) is 52.6 Å². The first-order valence-electron chi connectivity index (χ1n) is 7.30. The molecule has 0 aromatic rings. The highest BCUT2D eigenvalue weighted by atomic mass is 28.4. The Hall–Kier alpha value is -0.0982. The van der Waals surface area contributed by atoms with E-state index in [0.29, 0.717) is 0 Å². The van der Waals surface area contributed by atoms with Gasteiger partial charge in [-0.3, -0.25) is 0 Å². The quantitative estimate of drug-likeness (QED) is 0.671. The van der Waals surface area contributed by atoms with Gasteiger partial charge >= 0.3 is 7.12 Å². The zero-order valence-electron chi connectivity index (χ0n) is 13.4. The lowest BCUT2D eigenvalue weighted by molar-refractivity contribution is 0.170. The van der Waals surface area contributed by atoms with Crippen LogP contribution in [0.15, 0.2) is 12.1 Å². The minimum absolute atomic E-state index is 0.191. The number of unbranched alkanes of at least 4 members (excludes halogenated alkanes) is 1. The fraction of sp³-hybridized carbons (Fsp3) is 0.857. The molecule has 0 spiro atoms. The summed E-state index contributed by atoms with van der Waals surface area (Å²) in [6, 6.07) is 0. The van der Waals surface area contributed by atoms with Crippen molar-refractivity contribution in [3.8, 4) is 0 Å². The number of rotatable bonds is 8. The second-order valence-corrected chi connectivity index (χ2v) is 11.5. The molecule has 5 heteroatoms. The molecule has 0 saturated carbocycles. The minimum Gasteiger partial charge on any atom is -0.424 e. The van der Waals surface area contributed by atoms with Crippen LogP contribution in [0.2, 0.25) is 18.1 Å². The molecule has 0 radical (unpaired) electrons. The van der Waals surface area contributed by atoms with Gasteiger partial charge in [-0.2, -0.15) is 0 Å². The Labute approximate surface area is 120 Å². The zero-order valence-corrected chi connectivity index (χ0v) is 14.4. The molecule has 0 amide bonds. The highest BCUT2D eigenvalue weighted by Crippen LogP contribution is 2.38. The first-order chi connectivity index (χ1) is 8.60. The fourth-order valence-electron chi connectivity index (χ4n) is 1.60. The molecule has 0 saturated heterocycles. The first kappa shape index (κ1) is 18.9. The summed E-state index contributed by atoms with van der Waals surface area (Å²) < 4.78 is 6.41. The first-order valence-corrected chi connectivity index (χ1v) is 10.2. The summed E-state index contributed by atoms with van der Waals surface area (Å²) in [7, 11) is -3.12. The van der Waals surface area contributed by atoms with Crippen LogP contribution in [0.25, 0.3) is 0 Å². The average molecular weight is 286 g/mol. The van der Waals surface area contributed by atoms with Gasteiger partial charge in [-0.15, -0.1) is 0 Å². The molecular weight excluding hydrogens is 255 g/mol. The molecule has 0 unspecified atom stereocenters. The van der Waals surface area contributed by atoms with Crippen LogP contribution < -0.4 is 0 Å². The molecule has 0 fully saturated rings. The van der Waals surface area contributed by atoms with Crippen LogP contribution in [0, 0.1) is 0 Å². The predicted molar refractivity (Wildman–Crippen MR) is 85.5 cm³/mol. The third-order valence-electron chi connectivity index (χ3n) is 3.85. The molecule has 0 aliphatic heterocycles. The zero-order chi connectivity index (χ0) is 15.1. The molecule has 1 atom stereocenters. The summed E-state index contributed by atoms with van der Waals surface area (Å²) in [5.74, 6) is 1.41. The molecule has 0 aromatic carbocycles. The predicted octanol–water partition coefficient (Wildman–Crippen LogP) is 3.53. The second kappa shape index (κ2) is 8.25. The molecule has 19 heavy (non-hydrogen) atoms. The number of hydrogen-bond acceptors (Lipinski definition) is 3. The van der Waals surface area contributed by atoms with E-state index >= 15 is 0 Å². The van der Waals surface area contributed by atoms with Gasteiger partial charge < -0.3 is 14.5 Å². The van der Waals surface area contributed by atoms with Gasteiger partial charge in [0.05, 0.1) is 0 Å². The third-order valence-corrected chi connectivity index (χ3v) is 8.39. The molecule has 0 rings (SSSR count). The van der Waals surface area contributed by atoms with Gasteiger partial charge in [0.2, 0.25) is 0 Å². The van der Waals surface area contributed by atoms with E-state index in [4.69, 9.17) is 14.5 Å². The van der Waals surface area contributed by atoms with Gasteiger partial charge in [-0.25, -0.2) is 0 Å². The Kier molecular flexibility index (Phi) is 8.20. The fourth-order valence-corrected chi connectivity index (χ4v) is 3.00. The van der Waals surface area contributed by atoms with Crippen molar-refractivity contribution >= 4 is 15.4 Å². The van der Waals surface area contributed by atoms with Crippen molar-refractivity contribution in [2.75, 3.05) is 0 Å². The van der Waals surface area contributed by atoms with E-state index in [2.05, 4.69) is 40.8 Å². The largest absolute Gasteiger partial charge is 0.480 e. The molecule has 0 heterocycles. The second-order valence-electron chi connectivity index (χ2n) is 6.72. The SMILES string of the molecule is CCCC[C@H](C/C=C/B(O)O)O[Si](C)(C)C(C)(C)C. The highest BCUT2D eigenvalue weighted by molar-refractivity contribution is 6.74. The number of hydrogen-bond donors (Lipinski definition) is 2. The van der Waals surface area contributed by atoms with Gasteiger partial charge in [0.1, 0.15) is 0 Å². The summed E-state index contributed by atoms with van der Waals surface area (Å²) >= 11 is 0. The van der Waals surface area contributed by atoms with Crippen LogP contribution in [-0.2, 0) is 4.43 Å².